The molecule has 0 saturated heterocycles. The Balaban J connectivity index is 2.31. The van der Waals surface area contributed by atoms with Crippen molar-refractivity contribution in [3.05, 3.63) is 47.5 Å². The lowest BCUT2D eigenvalue weighted by Gasteiger charge is -2.26. The molecule has 0 fully saturated rings. The average Bonchev–Trinajstić information content (AvgIpc) is 3.05. The van der Waals surface area contributed by atoms with E-state index in [1.165, 1.54) is 5.57 Å². The maximum absolute atomic E-state index is 12.6. The van der Waals surface area contributed by atoms with Crippen LogP contribution >= 0.6 is 0 Å². The van der Waals surface area contributed by atoms with E-state index < -0.39 is 5.41 Å². The van der Waals surface area contributed by atoms with Gasteiger partial charge in [-0.1, -0.05) is 42.0 Å². The Labute approximate surface area is 103 Å². The Morgan fingerprint density at radius 2 is 1.71 bits per heavy atom. The van der Waals surface area contributed by atoms with Crippen LogP contribution in [0.4, 0.5) is 0 Å². The molecule has 0 spiro atoms. The third-order valence-corrected chi connectivity index (χ3v) is 3.59. The molecule has 0 aromatic heterocycles. The number of nitrogens with zero attached hydrogens (tertiary/aromatic N) is 1. The van der Waals surface area contributed by atoms with E-state index in [9.17, 15) is 4.79 Å². The predicted octanol–water partition coefficient (Wildman–Crippen LogP) is 2.75. The van der Waals surface area contributed by atoms with Gasteiger partial charge in [-0.15, -0.1) is 0 Å². The average molecular weight is 229 g/mol. The first-order chi connectivity index (χ1) is 8.16. The molecule has 1 amide bonds. The normalized spacial score (nSPS) is 21.9. The maximum atomic E-state index is 12.6. The number of likely N-dealkylation sites (N-methyl/N-ethyl adjacent to an activating group) is 1. The molecule has 0 N–H and O–H groups in total. The number of hydrogen-bond donors (Lipinski definition) is 0. The molecule has 2 nitrogen and oxygen atoms in total. The highest BCUT2D eigenvalue weighted by Gasteiger charge is 2.51. The fourth-order valence-electron chi connectivity index (χ4n) is 2.41. The van der Waals surface area contributed by atoms with Crippen molar-refractivity contribution in [1.82, 2.24) is 4.90 Å². The van der Waals surface area contributed by atoms with Crippen molar-refractivity contribution in [1.29, 1.82) is 0 Å². The lowest BCUT2D eigenvalue weighted by molar-refractivity contribution is -0.132. The first-order valence-corrected chi connectivity index (χ1v) is 6.21. The van der Waals surface area contributed by atoms with Crippen LogP contribution in [-0.4, -0.2) is 23.9 Å². The van der Waals surface area contributed by atoms with Gasteiger partial charge in [0.25, 0.3) is 0 Å². The molecule has 17 heavy (non-hydrogen) atoms. The van der Waals surface area contributed by atoms with Crippen molar-refractivity contribution in [3.63, 3.8) is 0 Å². The molecule has 1 unspecified atom stereocenters. The molecule has 0 saturated carbocycles. The molecule has 0 bridgehead atoms. The van der Waals surface area contributed by atoms with Gasteiger partial charge in [0.1, 0.15) is 5.41 Å². The van der Waals surface area contributed by atoms with Gasteiger partial charge in [-0.2, -0.15) is 0 Å². The van der Waals surface area contributed by atoms with Crippen molar-refractivity contribution in [2.75, 3.05) is 13.1 Å². The summed E-state index contributed by atoms with van der Waals surface area (Å²) >= 11 is 0. The van der Waals surface area contributed by atoms with Crippen LogP contribution < -0.4 is 0 Å². The molecule has 2 rings (SSSR count). The smallest absolute Gasteiger partial charge is 0.241 e. The van der Waals surface area contributed by atoms with E-state index in [4.69, 9.17) is 0 Å². The highest BCUT2D eigenvalue weighted by Crippen LogP contribution is 2.47. The number of carbonyl (C=O) groups excluding carboxylic acids is 1. The molecule has 1 atom stereocenters. The van der Waals surface area contributed by atoms with Gasteiger partial charge in [0.15, 0.2) is 0 Å². The zero-order chi connectivity index (χ0) is 12.5. The van der Waals surface area contributed by atoms with Gasteiger partial charge in [-0.25, -0.2) is 0 Å². The second-order valence-corrected chi connectivity index (χ2v) is 4.48. The Bertz CT molecular complexity index is 445. The van der Waals surface area contributed by atoms with E-state index in [0.29, 0.717) is 0 Å². The van der Waals surface area contributed by atoms with E-state index in [1.807, 2.05) is 56.0 Å². The van der Waals surface area contributed by atoms with Crippen LogP contribution in [0.25, 0.3) is 0 Å². The first kappa shape index (κ1) is 11.9. The van der Waals surface area contributed by atoms with Crippen molar-refractivity contribution in [2.24, 2.45) is 0 Å². The Morgan fingerprint density at radius 1 is 1.18 bits per heavy atom. The number of benzene rings is 1. The second-order valence-electron chi connectivity index (χ2n) is 4.48. The summed E-state index contributed by atoms with van der Waals surface area (Å²) < 4.78 is 0. The third-order valence-electron chi connectivity index (χ3n) is 3.59. The zero-order valence-corrected chi connectivity index (χ0v) is 10.7. The standard InChI is InChI=1S/C15H19NO/c1-4-16(5-2)14(17)15(11-12(15)3)13-9-7-6-8-10-13/h6-11H,4-5H2,1-3H3. The molecule has 1 aliphatic rings. The molecular formula is C15H19NO. The van der Waals surface area contributed by atoms with Crippen molar-refractivity contribution in [3.8, 4) is 0 Å². The Kier molecular flexibility index (Phi) is 3.05. The molecule has 1 aromatic carbocycles. The number of hydrogen-bond acceptors (Lipinski definition) is 1. The molecule has 1 aliphatic carbocycles. The van der Waals surface area contributed by atoms with Gasteiger partial charge in [-0.05, 0) is 26.3 Å². The van der Waals surface area contributed by atoms with E-state index in [0.717, 1.165) is 18.7 Å². The Morgan fingerprint density at radius 3 is 2.12 bits per heavy atom. The molecule has 90 valence electrons. The minimum absolute atomic E-state index is 0.214. The highest BCUT2D eigenvalue weighted by atomic mass is 16.2. The number of amides is 1. The minimum atomic E-state index is -0.437. The molecule has 0 aliphatic heterocycles. The molecule has 0 radical (unpaired) electrons. The second kappa shape index (κ2) is 4.36. The van der Waals surface area contributed by atoms with Crippen LogP contribution in [0.1, 0.15) is 26.3 Å². The van der Waals surface area contributed by atoms with Crippen LogP contribution in [0, 0.1) is 0 Å². The molecule has 0 heterocycles. The topological polar surface area (TPSA) is 20.3 Å². The summed E-state index contributed by atoms with van der Waals surface area (Å²) in [5.41, 5.74) is 1.82. The minimum Gasteiger partial charge on any atom is -0.342 e. The van der Waals surface area contributed by atoms with E-state index in [1.54, 1.807) is 0 Å². The largest absolute Gasteiger partial charge is 0.342 e. The zero-order valence-electron chi connectivity index (χ0n) is 10.7. The summed E-state index contributed by atoms with van der Waals surface area (Å²) in [6, 6.07) is 10.0. The van der Waals surface area contributed by atoms with Gasteiger partial charge in [0.2, 0.25) is 5.91 Å². The van der Waals surface area contributed by atoms with E-state index in [-0.39, 0.29) is 5.91 Å². The number of carbonyl (C=O) groups is 1. The summed E-state index contributed by atoms with van der Waals surface area (Å²) in [4.78, 5) is 14.5. The van der Waals surface area contributed by atoms with Crippen molar-refractivity contribution < 1.29 is 4.79 Å². The van der Waals surface area contributed by atoms with Crippen molar-refractivity contribution in [2.45, 2.75) is 26.2 Å². The van der Waals surface area contributed by atoms with E-state index in [2.05, 4.69) is 6.08 Å². The van der Waals surface area contributed by atoms with Gasteiger partial charge in [0.05, 0.1) is 0 Å². The van der Waals surface area contributed by atoms with Gasteiger partial charge < -0.3 is 4.90 Å². The SMILES string of the molecule is CCN(CC)C(=O)C1(c2ccccc2)C=C1C. The molecule has 2 heteroatoms. The highest BCUT2D eigenvalue weighted by molar-refractivity contribution is 5.99. The van der Waals surface area contributed by atoms with Crippen LogP contribution in [0.5, 0.6) is 0 Å². The van der Waals surface area contributed by atoms with E-state index >= 15 is 0 Å². The third kappa shape index (κ3) is 1.78. The fourth-order valence-corrected chi connectivity index (χ4v) is 2.41. The monoisotopic (exact) mass is 229 g/mol. The first-order valence-electron chi connectivity index (χ1n) is 6.21. The van der Waals surface area contributed by atoms with Crippen LogP contribution in [-0.2, 0) is 10.2 Å². The fraction of sp³-hybridized carbons (Fsp3) is 0.400. The predicted molar refractivity (Wildman–Crippen MR) is 69.8 cm³/mol. The maximum Gasteiger partial charge on any atom is 0.241 e. The van der Waals surface area contributed by atoms with Crippen LogP contribution in [0.3, 0.4) is 0 Å². The molecule has 1 aromatic rings. The summed E-state index contributed by atoms with van der Waals surface area (Å²) in [5.74, 6) is 0.214. The quantitative estimate of drug-likeness (QED) is 0.727. The van der Waals surface area contributed by atoms with Gasteiger partial charge in [-0.3, -0.25) is 4.79 Å². The lowest BCUT2D eigenvalue weighted by Crippen LogP contribution is -2.40. The van der Waals surface area contributed by atoms with Crippen LogP contribution in [0.15, 0.2) is 42.0 Å². The van der Waals surface area contributed by atoms with Crippen molar-refractivity contribution >= 4 is 5.91 Å². The molecular weight excluding hydrogens is 210 g/mol. The summed E-state index contributed by atoms with van der Waals surface area (Å²) in [6.45, 7) is 7.63. The number of rotatable bonds is 4. The lowest BCUT2D eigenvalue weighted by atomic mass is 9.89. The Hall–Kier alpha value is -1.57. The summed E-state index contributed by atoms with van der Waals surface area (Å²) in [5, 5.41) is 0. The summed E-state index contributed by atoms with van der Waals surface area (Å²) in [7, 11) is 0. The van der Waals surface area contributed by atoms with Gasteiger partial charge in [0, 0.05) is 13.1 Å². The van der Waals surface area contributed by atoms with Crippen LogP contribution in [0.2, 0.25) is 0 Å². The summed E-state index contributed by atoms with van der Waals surface area (Å²) in [6.07, 6.45) is 2.07. The van der Waals surface area contributed by atoms with Gasteiger partial charge >= 0.3 is 0 Å².